The minimum Gasteiger partial charge on any atom is -0.494 e. The standard InChI is InChI=1S/C23H28N2O3/c1-2-27-21-11-6-12-22(18-21)28-19-23(26)25-16-14-24(15-17-25)13-7-10-20-8-4-3-5-9-20/h3-12,18H,2,13-17,19H2,1H3/b10-7+. The molecule has 0 radical (unpaired) electrons. The van der Waals surface area contributed by atoms with Crippen LogP contribution in [0.4, 0.5) is 0 Å². The topological polar surface area (TPSA) is 42.0 Å². The van der Waals surface area contributed by atoms with Gasteiger partial charge in [0.15, 0.2) is 6.61 Å². The lowest BCUT2D eigenvalue weighted by Gasteiger charge is -2.34. The van der Waals surface area contributed by atoms with Crippen molar-refractivity contribution in [3.63, 3.8) is 0 Å². The van der Waals surface area contributed by atoms with Gasteiger partial charge in [0.25, 0.3) is 5.91 Å². The van der Waals surface area contributed by atoms with E-state index in [-0.39, 0.29) is 12.5 Å². The summed E-state index contributed by atoms with van der Waals surface area (Å²) in [5.41, 5.74) is 1.21. The van der Waals surface area contributed by atoms with Crippen LogP contribution >= 0.6 is 0 Å². The van der Waals surface area contributed by atoms with E-state index in [1.807, 2.05) is 54.3 Å². The summed E-state index contributed by atoms with van der Waals surface area (Å²) in [7, 11) is 0. The molecule has 0 aromatic heterocycles. The number of nitrogens with zero attached hydrogens (tertiary/aromatic N) is 2. The van der Waals surface area contributed by atoms with Crippen molar-refractivity contribution in [1.82, 2.24) is 9.80 Å². The van der Waals surface area contributed by atoms with Crippen LogP contribution in [0.25, 0.3) is 6.08 Å². The van der Waals surface area contributed by atoms with Gasteiger partial charge in [-0.1, -0.05) is 48.6 Å². The number of hydrogen-bond donors (Lipinski definition) is 0. The van der Waals surface area contributed by atoms with E-state index in [0.29, 0.717) is 12.4 Å². The third-order valence-electron chi connectivity index (χ3n) is 4.68. The summed E-state index contributed by atoms with van der Waals surface area (Å²) in [5.74, 6) is 1.44. The van der Waals surface area contributed by atoms with E-state index in [1.54, 1.807) is 0 Å². The molecule has 5 nitrogen and oxygen atoms in total. The average Bonchev–Trinajstić information content (AvgIpc) is 2.74. The highest BCUT2D eigenvalue weighted by atomic mass is 16.5. The average molecular weight is 380 g/mol. The molecule has 1 aliphatic rings. The molecule has 0 N–H and O–H groups in total. The van der Waals surface area contributed by atoms with E-state index >= 15 is 0 Å². The first-order valence-electron chi connectivity index (χ1n) is 9.82. The molecular formula is C23H28N2O3. The number of piperazine rings is 1. The van der Waals surface area contributed by atoms with Gasteiger partial charge >= 0.3 is 0 Å². The first kappa shape index (κ1) is 20.0. The summed E-state index contributed by atoms with van der Waals surface area (Å²) >= 11 is 0. The molecule has 0 atom stereocenters. The molecule has 1 aliphatic heterocycles. The van der Waals surface area contributed by atoms with Gasteiger partial charge in [-0.25, -0.2) is 0 Å². The molecule has 2 aromatic carbocycles. The van der Waals surface area contributed by atoms with Crippen LogP contribution in [-0.2, 0) is 4.79 Å². The Hall–Kier alpha value is -2.79. The van der Waals surface area contributed by atoms with Crippen molar-refractivity contribution in [3.05, 3.63) is 66.2 Å². The second kappa shape index (κ2) is 10.5. The van der Waals surface area contributed by atoms with Crippen molar-refractivity contribution in [3.8, 4) is 11.5 Å². The van der Waals surface area contributed by atoms with Crippen molar-refractivity contribution in [2.45, 2.75) is 6.92 Å². The van der Waals surface area contributed by atoms with Crippen LogP contribution in [0, 0.1) is 0 Å². The van der Waals surface area contributed by atoms with Crippen LogP contribution in [-0.4, -0.2) is 61.6 Å². The maximum absolute atomic E-state index is 12.4. The van der Waals surface area contributed by atoms with Crippen molar-refractivity contribution >= 4 is 12.0 Å². The minimum absolute atomic E-state index is 0.0290. The number of amides is 1. The van der Waals surface area contributed by atoms with Gasteiger partial charge in [0, 0.05) is 38.8 Å². The fraction of sp³-hybridized carbons (Fsp3) is 0.348. The monoisotopic (exact) mass is 380 g/mol. The van der Waals surface area contributed by atoms with Gasteiger partial charge in [-0.3, -0.25) is 9.69 Å². The second-order valence-corrected chi connectivity index (χ2v) is 6.69. The number of carbonyl (C=O) groups is 1. The lowest BCUT2D eigenvalue weighted by molar-refractivity contribution is -0.135. The van der Waals surface area contributed by atoms with Crippen LogP contribution in [0.2, 0.25) is 0 Å². The Kier molecular flexibility index (Phi) is 7.50. The van der Waals surface area contributed by atoms with Crippen LogP contribution in [0.15, 0.2) is 60.7 Å². The van der Waals surface area contributed by atoms with Crippen molar-refractivity contribution in [2.75, 3.05) is 45.9 Å². The molecule has 3 rings (SSSR count). The Balaban J connectivity index is 1.39. The molecule has 28 heavy (non-hydrogen) atoms. The summed E-state index contributed by atoms with van der Waals surface area (Å²) in [6.45, 7) is 6.73. The summed E-state index contributed by atoms with van der Waals surface area (Å²) in [4.78, 5) is 16.7. The maximum Gasteiger partial charge on any atom is 0.260 e. The van der Waals surface area contributed by atoms with E-state index < -0.39 is 0 Å². The highest BCUT2D eigenvalue weighted by molar-refractivity contribution is 5.77. The normalized spacial score (nSPS) is 15.0. The number of carbonyl (C=O) groups excluding carboxylic acids is 1. The second-order valence-electron chi connectivity index (χ2n) is 6.69. The summed E-state index contributed by atoms with van der Waals surface area (Å²) < 4.78 is 11.1. The van der Waals surface area contributed by atoms with Crippen molar-refractivity contribution in [2.24, 2.45) is 0 Å². The largest absolute Gasteiger partial charge is 0.494 e. The molecule has 148 valence electrons. The Morgan fingerprint density at radius 1 is 0.964 bits per heavy atom. The molecular weight excluding hydrogens is 352 g/mol. The van der Waals surface area contributed by atoms with Crippen LogP contribution in [0.3, 0.4) is 0 Å². The van der Waals surface area contributed by atoms with E-state index in [9.17, 15) is 4.79 Å². The van der Waals surface area contributed by atoms with Gasteiger partial charge in [-0.15, -0.1) is 0 Å². The van der Waals surface area contributed by atoms with Crippen molar-refractivity contribution < 1.29 is 14.3 Å². The number of rotatable bonds is 8. The van der Waals surface area contributed by atoms with Gasteiger partial charge in [0.2, 0.25) is 0 Å². The molecule has 0 spiro atoms. The number of ether oxygens (including phenoxy) is 2. The molecule has 0 bridgehead atoms. The van der Waals surface area contributed by atoms with Crippen molar-refractivity contribution in [1.29, 1.82) is 0 Å². The molecule has 5 heteroatoms. The zero-order valence-corrected chi connectivity index (χ0v) is 16.4. The molecule has 1 heterocycles. The molecule has 0 saturated carbocycles. The first-order chi connectivity index (χ1) is 13.7. The Morgan fingerprint density at radius 2 is 1.68 bits per heavy atom. The third kappa shape index (κ3) is 6.13. The Bertz CT molecular complexity index is 768. The maximum atomic E-state index is 12.4. The fourth-order valence-corrected chi connectivity index (χ4v) is 3.14. The summed E-state index contributed by atoms with van der Waals surface area (Å²) in [6, 6.07) is 17.7. The zero-order valence-electron chi connectivity index (χ0n) is 16.4. The Morgan fingerprint density at radius 3 is 2.39 bits per heavy atom. The molecule has 1 fully saturated rings. The van der Waals surface area contributed by atoms with E-state index in [4.69, 9.17) is 9.47 Å². The fourth-order valence-electron chi connectivity index (χ4n) is 3.14. The molecule has 0 aliphatic carbocycles. The van der Waals surface area contributed by atoms with Gasteiger partial charge in [0.1, 0.15) is 11.5 Å². The van der Waals surface area contributed by atoms with Gasteiger partial charge in [-0.2, -0.15) is 0 Å². The van der Waals surface area contributed by atoms with Crippen LogP contribution in [0.5, 0.6) is 11.5 Å². The number of hydrogen-bond acceptors (Lipinski definition) is 4. The minimum atomic E-state index is 0.0290. The Labute approximate surface area is 167 Å². The van der Waals surface area contributed by atoms with Gasteiger partial charge in [-0.05, 0) is 24.6 Å². The molecule has 1 amide bonds. The molecule has 1 saturated heterocycles. The highest BCUT2D eigenvalue weighted by Crippen LogP contribution is 2.19. The smallest absolute Gasteiger partial charge is 0.260 e. The summed E-state index contributed by atoms with van der Waals surface area (Å²) in [6.07, 6.45) is 4.32. The first-order valence-corrected chi connectivity index (χ1v) is 9.82. The third-order valence-corrected chi connectivity index (χ3v) is 4.68. The van der Waals surface area contributed by atoms with E-state index in [1.165, 1.54) is 5.56 Å². The quantitative estimate of drug-likeness (QED) is 0.705. The lowest BCUT2D eigenvalue weighted by atomic mass is 10.2. The molecule has 0 unspecified atom stereocenters. The highest BCUT2D eigenvalue weighted by Gasteiger charge is 2.20. The van der Waals surface area contributed by atoms with Gasteiger partial charge < -0.3 is 14.4 Å². The van der Waals surface area contributed by atoms with Crippen LogP contribution in [0.1, 0.15) is 12.5 Å². The molecule has 2 aromatic rings. The predicted molar refractivity (Wildman–Crippen MR) is 112 cm³/mol. The predicted octanol–water partition coefficient (Wildman–Crippen LogP) is 3.32. The number of benzene rings is 2. The van der Waals surface area contributed by atoms with E-state index in [0.717, 1.165) is 38.5 Å². The zero-order chi connectivity index (χ0) is 19.6. The summed E-state index contributed by atoms with van der Waals surface area (Å²) in [5, 5.41) is 0. The van der Waals surface area contributed by atoms with Crippen LogP contribution < -0.4 is 9.47 Å². The van der Waals surface area contributed by atoms with E-state index in [2.05, 4.69) is 29.2 Å². The lowest BCUT2D eigenvalue weighted by Crippen LogP contribution is -2.49. The SMILES string of the molecule is CCOc1cccc(OCC(=O)N2CCN(C/C=C/c3ccccc3)CC2)c1. The van der Waals surface area contributed by atoms with Gasteiger partial charge in [0.05, 0.1) is 6.61 Å².